The molecular formula is C11H8BrNO3. The highest BCUT2D eigenvalue weighted by atomic mass is 79.9. The molecule has 4 nitrogen and oxygen atoms in total. The zero-order valence-corrected chi connectivity index (χ0v) is 9.81. The molecule has 0 bridgehead atoms. The molecule has 0 fully saturated rings. The van der Waals surface area contributed by atoms with Gasteiger partial charge in [-0.1, -0.05) is 34.1 Å². The van der Waals surface area contributed by atoms with Crippen LogP contribution in [0.1, 0.15) is 16.2 Å². The maximum Gasteiger partial charge on any atom is 0.366 e. The third kappa shape index (κ3) is 2.30. The predicted octanol–water partition coefficient (Wildman–Crippen LogP) is 2.79. The maximum atomic E-state index is 11.7. The monoisotopic (exact) mass is 281 g/mol. The zero-order chi connectivity index (χ0) is 11.4. The van der Waals surface area contributed by atoms with Gasteiger partial charge >= 0.3 is 5.97 Å². The number of para-hydroxylation sites is 1. The van der Waals surface area contributed by atoms with Crippen molar-refractivity contribution in [3.05, 3.63) is 48.2 Å². The molecule has 0 aliphatic carbocycles. The van der Waals surface area contributed by atoms with Crippen molar-refractivity contribution in [2.45, 2.75) is 5.33 Å². The van der Waals surface area contributed by atoms with Crippen LogP contribution in [0.2, 0.25) is 0 Å². The SMILES string of the molecule is O=C(Oc1ccccc1)c1ncoc1CBr. The smallest absolute Gasteiger partial charge is 0.366 e. The second-order valence-corrected chi connectivity index (χ2v) is 3.52. The van der Waals surface area contributed by atoms with Crippen molar-refractivity contribution in [3.8, 4) is 5.75 Å². The third-order valence-corrected chi connectivity index (χ3v) is 2.42. The molecule has 82 valence electrons. The van der Waals surface area contributed by atoms with Crippen molar-refractivity contribution in [2.24, 2.45) is 0 Å². The molecular weight excluding hydrogens is 274 g/mol. The van der Waals surface area contributed by atoms with Gasteiger partial charge in [-0.25, -0.2) is 9.78 Å². The van der Waals surface area contributed by atoms with Gasteiger partial charge in [0.15, 0.2) is 12.1 Å². The Morgan fingerprint density at radius 3 is 2.81 bits per heavy atom. The van der Waals surface area contributed by atoms with Crippen LogP contribution in [-0.2, 0) is 5.33 Å². The Kier molecular flexibility index (Phi) is 3.36. The number of carbonyl (C=O) groups is 1. The summed E-state index contributed by atoms with van der Waals surface area (Å²) in [6.45, 7) is 0. The molecule has 0 amide bonds. The number of aromatic nitrogens is 1. The normalized spacial score (nSPS) is 10.1. The molecule has 0 N–H and O–H groups in total. The second-order valence-electron chi connectivity index (χ2n) is 2.96. The highest BCUT2D eigenvalue weighted by Crippen LogP contribution is 2.15. The second kappa shape index (κ2) is 4.94. The molecule has 0 saturated heterocycles. The van der Waals surface area contributed by atoms with E-state index in [9.17, 15) is 4.79 Å². The number of esters is 1. The predicted molar refractivity (Wildman–Crippen MR) is 60.5 cm³/mol. The van der Waals surface area contributed by atoms with E-state index < -0.39 is 5.97 Å². The minimum atomic E-state index is -0.519. The first kappa shape index (κ1) is 10.9. The Morgan fingerprint density at radius 1 is 1.38 bits per heavy atom. The largest absolute Gasteiger partial charge is 0.447 e. The fourth-order valence-corrected chi connectivity index (χ4v) is 1.57. The van der Waals surface area contributed by atoms with Gasteiger partial charge in [-0.15, -0.1) is 0 Å². The molecule has 1 aromatic carbocycles. The number of nitrogens with zero attached hydrogens (tertiary/aromatic N) is 1. The van der Waals surface area contributed by atoms with Gasteiger partial charge in [0.2, 0.25) is 0 Å². The topological polar surface area (TPSA) is 52.3 Å². The summed E-state index contributed by atoms with van der Waals surface area (Å²) in [4.78, 5) is 15.5. The van der Waals surface area contributed by atoms with Gasteiger partial charge in [0, 0.05) is 0 Å². The van der Waals surface area contributed by atoms with E-state index in [0.717, 1.165) is 0 Å². The number of benzene rings is 1. The third-order valence-electron chi connectivity index (χ3n) is 1.91. The number of ether oxygens (including phenoxy) is 1. The number of alkyl halides is 1. The number of halogens is 1. The fourth-order valence-electron chi connectivity index (χ4n) is 1.18. The summed E-state index contributed by atoms with van der Waals surface area (Å²) >= 11 is 3.20. The molecule has 0 unspecified atom stereocenters. The average Bonchev–Trinajstić information content (AvgIpc) is 2.78. The van der Waals surface area contributed by atoms with Crippen LogP contribution in [0.3, 0.4) is 0 Å². The number of hydrogen-bond donors (Lipinski definition) is 0. The summed E-state index contributed by atoms with van der Waals surface area (Å²) in [6, 6.07) is 8.82. The van der Waals surface area contributed by atoms with Crippen LogP contribution in [-0.4, -0.2) is 11.0 Å². The molecule has 5 heteroatoms. The van der Waals surface area contributed by atoms with E-state index in [0.29, 0.717) is 16.8 Å². The first-order valence-corrected chi connectivity index (χ1v) is 5.69. The quantitative estimate of drug-likeness (QED) is 0.493. The molecule has 16 heavy (non-hydrogen) atoms. The molecule has 2 aromatic rings. The molecule has 0 spiro atoms. The minimum Gasteiger partial charge on any atom is -0.447 e. The molecule has 0 aliphatic rings. The summed E-state index contributed by atoms with van der Waals surface area (Å²) in [5.41, 5.74) is 0.195. The highest BCUT2D eigenvalue weighted by molar-refractivity contribution is 9.08. The number of hydrogen-bond acceptors (Lipinski definition) is 4. The molecule has 0 radical (unpaired) electrons. The lowest BCUT2D eigenvalue weighted by Gasteiger charge is -2.01. The van der Waals surface area contributed by atoms with E-state index >= 15 is 0 Å². The summed E-state index contributed by atoms with van der Waals surface area (Å²) in [5, 5.41) is 0.423. The van der Waals surface area contributed by atoms with Crippen molar-refractivity contribution in [3.63, 3.8) is 0 Å². The first-order valence-electron chi connectivity index (χ1n) is 4.57. The van der Waals surface area contributed by atoms with E-state index in [1.54, 1.807) is 24.3 Å². The van der Waals surface area contributed by atoms with Gasteiger partial charge in [-0.2, -0.15) is 0 Å². The van der Waals surface area contributed by atoms with Gasteiger partial charge in [0.25, 0.3) is 0 Å². The Bertz CT molecular complexity index is 481. The van der Waals surface area contributed by atoms with Gasteiger partial charge in [-0.05, 0) is 12.1 Å². The van der Waals surface area contributed by atoms with Crippen molar-refractivity contribution in [1.82, 2.24) is 4.98 Å². The first-order chi connectivity index (χ1) is 7.81. The van der Waals surface area contributed by atoms with Crippen molar-refractivity contribution in [1.29, 1.82) is 0 Å². The van der Waals surface area contributed by atoms with Crippen LogP contribution >= 0.6 is 15.9 Å². The van der Waals surface area contributed by atoms with E-state index in [2.05, 4.69) is 20.9 Å². The van der Waals surface area contributed by atoms with Crippen molar-refractivity contribution >= 4 is 21.9 Å². The molecule has 1 heterocycles. The van der Waals surface area contributed by atoms with Crippen LogP contribution in [0, 0.1) is 0 Å². The molecule has 2 rings (SSSR count). The Labute approximate surface area is 100 Å². The number of oxazole rings is 1. The highest BCUT2D eigenvalue weighted by Gasteiger charge is 2.17. The molecule has 1 aromatic heterocycles. The average molecular weight is 282 g/mol. The summed E-state index contributed by atoms with van der Waals surface area (Å²) in [5.74, 6) is 0.423. The Balaban J connectivity index is 2.15. The lowest BCUT2D eigenvalue weighted by Crippen LogP contribution is -2.10. The van der Waals surface area contributed by atoms with Crippen LogP contribution < -0.4 is 4.74 Å². The van der Waals surface area contributed by atoms with E-state index in [-0.39, 0.29) is 5.69 Å². The van der Waals surface area contributed by atoms with E-state index in [1.165, 1.54) is 6.39 Å². The standard InChI is InChI=1S/C11H8BrNO3/c12-6-9-10(13-7-15-9)11(14)16-8-4-2-1-3-5-8/h1-5,7H,6H2. The van der Waals surface area contributed by atoms with E-state index in [1.807, 2.05) is 6.07 Å². The van der Waals surface area contributed by atoms with Gasteiger partial charge in [-0.3, -0.25) is 0 Å². The van der Waals surface area contributed by atoms with E-state index in [4.69, 9.17) is 9.15 Å². The zero-order valence-electron chi connectivity index (χ0n) is 8.22. The van der Waals surface area contributed by atoms with Crippen LogP contribution in [0.15, 0.2) is 41.1 Å². The fraction of sp³-hybridized carbons (Fsp3) is 0.0909. The Morgan fingerprint density at radius 2 is 2.12 bits per heavy atom. The van der Waals surface area contributed by atoms with Gasteiger partial charge in [0.1, 0.15) is 11.5 Å². The molecule has 0 atom stereocenters. The minimum absolute atomic E-state index is 0.195. The molecule has 0 aliphatic heterocycles. The van der Waals surface area contributed by atoms with Crippen LogP contribution in [0.25, 0.3) is 0 Å². The summed E-state index contributed by atoms with van der Waals surface area (Å²) in [7, 11) is 0. The molecule has 0 saturated carbocycles. The van der Waals surface area contributed by atoms with Crippen LogP contribution in [0.4, 0.5) is 0 Å². The summed E-state index contributed by atoms with van der Waals surface area (Å²) < 4.78 is 10.1. The van der Waals surface area contributed by atoms with Crippen LogP contribution in [0.5, 0.6) is 5.75 Å². The van der Waals surface area contributed by atoms with Crippen molar-refractivity contribution < 1.29 is 13.9 Å². The van der Waals surface area contributed by atoms with Gasteiger partial charge in [0.05, 0.1) is 5.33 Å². The lowest BCUT2D eigenvalue weighted by atomic mass is 10.3. The number of rotatable bonds is 3. The summed E-state index contributed by atoms with van der Waals surface area (Å²) in [6.07, 6.45) is 1.22. The van der Waals surface area contributed by atoms with Crippen molar-refractivity contribution in [2.75, 3.05) is 0 Å². The maximum absolute atomic E-state index is 11.7. The Hall–Kier alpha value is -1.62. The lowest BCUT2D eigenvalue weighted by molar-refractivity contribution is 0.0727. The van der Waals surface area contributed by atoms with Gasteiger partial charge < -0.3 is 9.15 Å². The number of carbonyl (C=O) groups excluding carboxylic acids is 1.